The largest absolute Gasteiger partial charge is 0.465 e. The van der Waals surface area contributed by atoms with E-state index in [1.54, 1.807) is 6.20 Å². The topological polar surface area (TPSA) is 53.4 Å². The van der Waals surface area contributed by atoms with E-state index in [9.17, 15) is 4.79 Å². The molecule has 15 heavy (non-hydrogen) atoms. The summed E-state index contributed by atoms with van der Waals surface area (Å²) in [5.41, 5.74) is 1.09. The Bertz CT molecular complexity index is 334. The molecule has 1 aliphatic rings. The number of pyridine rings is 1. The second kappa shape index (κ2) is 4.29. The van der Waals surface area contributed by atoms with Gasteiger partial charge in [-0.3, -0.25) is 4.98 Å². The van der Waals surface area contributed by atoms with Crippen LogP contribution in [0.1, 0.15) is 12.1 Å². The lowest BCUT2D eigenvalue weighted by Gasteiger charge is -2.37. The normalized spacial score (nSPS) is 16.1. The lowest BCUT2D eigenvalue weighted by Crippen LogP contribution is -2.49. The molecule has 1 saturated heterocycles. The van der Waals surface area contributed by atoms with Gasteiger partial charge in [0.05, 0.1) is 0 Å². The zero-order valence-electron chi connectivity index (χ0n) is 8.47. The number of rotatable bonds is 3. The van der Waals surface area contributed by atoms with Crippen LogP contribution in [0.4, 0.5) is 4.79 Å². The van der Waals surface area contributed by atoms with E-state index in [2.05, 4.69) is 4.98 Å². The van der Waals surface area contributed by atoms with E-state index in [1.807, 2.05) is 18.2 Å². The third kappa shape index (κ3) is 2.46. The van der Waals surface area contributed by atoms with Crippen LogP contribution in [0.15, 0.2) is 24.4 Å². The smallest absolute Gasteiger partial charge is 0.407 e. The van der Waals surface area contributed by atoms with Crippen LogP contribution < -0.4 is 0 Å². The summed E-state index contributed by atoms with van der Waals surface area (Å²) in [5.74, 6) is 0.517. The van der Waals surface area contributed by atoms with Crippen molar-refractivity contribution < 1.29 is 9.90 Å². The van der Waals surface area contributed by atoms with E-state index in [0.717, 1.165) is 18.5 Å². The molecule has 4 nitrogen and oxygen atoms in total. The summed E-state index contributed by atoms with van der Waals surface area (Å²) in [5, 5.41) is 8.65. The number of hydrogen-bond donors (Lipinski definition) is 1. The van der Waals surface area contributed by atoms with E-state index < -0.39 is 6.09 Å². The molecule has 2 rings (SSSR count). The molecule has 1 fully saturated rings. The molecule has 0 unspecified atom stereocenters. The Morgan fingerprint density at radius 2 is 2.33 bits per heavy atom. The quantitative estimate of drug-likeness (QED) is 0.817. The minimum absolute atomic E-state index is 0.517. The highest BCUT2D eigenvalue weighted by Gasteiger charge is 2.29. The van der Waals surface area contributed by atoms with Gasteiger partial charge in [0.15, 0.2) is 0 Å². The summed E-state index contributed by atoms with van der Waals surface area (Å²) in [4.78, 5) is 16.2. The zero-order chi connectivity index (χ0) is 10.7. The van der Waals surface area contributed by atoms with Crippen LogP contribution in [0.5, 0.6) is 0 Å². The van der Waals surface area contributed by atoms with Crippen molar-refractivity contribution in [2.24, 2.45) is 5.92 Å². The molecular formula is C11H14N2O2. The van der Waals surface area contributed by atoms with Gasteiger partial charge in [0.2, 0.25) is 0 Å². The first kappa shape index (κ1) is 9.96. The minimum Gasteiger partial charge on any atom is -0.465 e. The average molecular weight is 206 g/mol. The van der Waals surface area contributed by atoms with Crippen molar-refractivity contribution in [2.75, 3.05) is 13.1 Å². The van der Waals surface area contributed by atoms with Crippen LogP contribution in [0, 0.1) is 5.92 Å². The fraction of sp³-hybridized carbons (Fsp3) is 0.455. The molecule has 0 atom stereocenters. The maximum Gasteiger partial charge on any atom is 0.407 e. The summed E-state index contributed by atoms with van der Waals surface area (Å²) < 4.78 is 0. The highest BCUT2D eigenvalue weighted by Crippen LogP contribution is 2.20. The first-order chi connectivity index (χ1) is 7.25. The second-order valence-electron chi connectivity index (χ2n) is 3.91. The van der Waals surface area contributed by atoms with Crippen molar-refractivity contribution in [1.82, 2.24) is 9.88 Å². The molecule has 0 saturated carbocycles. The van der Waals surface area contributed by atoms with Crippen LogP contribution in [-0.2, 0) is 6.42 Å². The SMILES string of the molecule is O=C(O)N1CC(CCc2ccccn2)C1. The monoisotopic (exact) mass is 206 g/mol. The molecule has 2 heterocycles. The first-order valence-corrected chi connectivity index (χ1v) is 5.13. The predicted octanol–water partition coefficient (Wildman–Crippen LogP) is 1.62. The number of carbonyl (C=O) groups is 1. The molecule has 1 amide bonds. The van der Waals surface area contributed by atoms with E-state index in [-0.39, 0.29) is 0 Å². The van der Waals surface area contributed by atoms with Crippen molar-refractivity contribution in [3.63, 3.8) is 0 Å². The Balaban J connectivity index is 1.71. The Morgan fingerprint density at radius 1 is 1.53 bits per heavy atom. The van der Waals surface area contributed by atoms with Crippen molar-refractivity contribution in [2.45, 2.75) is 12.8 Å². The number of nitrogens with zero attached hydrogens (tertiary/aromatic N) is 2. The van der Waals surface area contributed by atoms with Crippen molar-refractivity contribution in [3.05, 3.63) is 30.1 Å². The van der Waals surface area contributed by atoms with Gasteiger partial charge >= 0.3 is 6.09 Å². The van der Waals surface area contributed by atoms with Crippen LogP contribution in [0.3, 0.4) is 0 Å². The number of likely N-dealkylation sites (tertiary alicyclic amines) is 1. The third-order valence-corrected chi connectivity index (χ3v) is 2.76. The Hall–Kier alpha value is -1.58. The maximum absolute atomic E-state index is 10.5. The number of amides is 1. The highest BCUT2D eigenvalue weighted by atomic mass is 16.4. The number of hydrogen-bond acceptors (Lipinski definition) is 2. The Morgan fingerprint density at radius 3 is 2.93 bits per heavy atom. The van der Waals surface area contributed by atoms with Gasteiger partial charge in [-0.25, -0.2) is 4.79 Å². The predicted molar refractivity (Wildman–Crippen MR) is 55.6 cm³/mol. The van der Waals surface area contributed by atoms with Crippen molar-refractivity contribution >= 4 is 6.09 Å². The Labute approximate surface area is 88.6 Å². The van der Waals surface area contributed by atoms with Gasteiger partial charge in [-0.2, -0.15) is 0 Å². The molecule has 0 spiro atoms. The summed E-state index contributed by atoms with van der Waals surface area (Å²) in [6.45, 7) is 1.37. The summed E-state index contributed by atoms with van der Waals surface area (Å²) in [6, 6.07) is 5.89. The molecule has 0 aliphatic carbocycles. The maximum atomic E-state index is 10.5. The lowest BCUT2D eigenvalue weighted by molar-refractivity contribution is 0.0785. The van der Waals surface area contributed by atoms with Gasteiger partial charge in [-0.15, -0.1) is 0 Å². The second-order valence-corrected chi connectivity index (χ2v) is 3.91. The number of carboxylic acid groups (broad SMARTS) is 1. The zero-order valence-corrected chi connectivity index (χ0v) is 8.47. The van der Waals surface area contributed by atoms with E-state index in [4.69, 9.17) is 5.11 Å². The standard InChI is InChI=1S/C11H14N2O2/c14-11(15)13-7-9(8-13)4-5-10-3-1-2-6-12-10/h1-3,6,9H,4-5,7-8H2,(H,14,15). The van der Waals surface area contributed by atoms with E-state index in [1.165, 1.54) is 4.90 Å². The fourth-order valence-electron chi connectivity index (χ4n) is 1.81. The van der Waals surface area contributed by atoms with Gasteiger partial charge in [0.25, 0.3) is 0 Å². The first-order valence-electron chi connectivity index (χ1n) is 5.13. The molecule has 0 aromatic carbocycles. The molecule has 4 heteroatoms. The summed E-state index contributed by atoms with van der Waals surface area (Å²) >= 11 is 0. The van der Waals surface area contributed by atoms with Crippen LogP contribution >= 0.6 is 0 Å². The van der Waals surface area contributed by atoms with E-state index >= 15 is 0 Å². The van der Waals surface area contributed by atoms with Crippen LogP contribution in [0.25, 0.3) is 0 Å². The van der Waals surface area contributed by atoms with Gasteiger partial charge in [-0.05, 0) is 30.9 Å². The van der Waals surface area contributed by atoms with E-state index in [0.29, 0.717) is 19.0 Å². The molecule has 0 bridgehead atoms. The van der Waals surface area contributed by atoms with Gasteiger partial charge < -0.3 is 10.0 Å². The lowest BCUT2D eigenvalue weighted by atomic mass is 9.94. The number of aromatic nitrogens is 1. The van der Waals surface area contributed by atoms with Gasteiger partial charge in [-0.1, -0.05) is 6.07 Å². The van der Waals surface area contributed by atoms with Gasteiger partial charge in [0.1, 0.15) is 0 Å². The molecule has 1 aromatic heterocycles. The molecule has 1 aliphatic heterocycles. The minimum atomic E-state index is -0.802. The van der Waals surface area contributed by atoms with Crippen LogP contribution in [0.2, 0.25) is 0 Å². The summed E-state index contributed by atoms with van der Waals surface area (Å²) in [6.07, 6.45) is 2.96. The fourth-order valence-corrected chi connectivity index (χ4v) is 1.81. The number of aryl methyl sites for hydroxylation is 1. The highest BCUT2D eigenvalue weighted by molar-refractivity contribution is 5.65. The van der Waals surface area contributed by atoms with Gasteiger partial charge in [0, 0.05) is 25.0 Å². The molecule has 0 radical (unpaired) electrons. The summed E-state index contributed by atoms with van der Waals surface area (Å²) in [7, 11) is 0. The third-order valence-electron chi connectivity index (χ3n) is 2.76. The Kier molecular flexibility index (Phi) is 2.85. The molecule has 1 aromatic rings. The van der Waals surface area contributed by atoms with Crippen molar-refractivity contribution in [1.29, 1.82) is 0 Å². The average Bonchev–Trinajstić information content (AvgIpc) is 2.16. The molecular weight excluding hydrogens is 192 g/mol. The van der Waals surface area contributed by atoms with Crippen molar-refractivity contribution in [3.8, 4) is 0 Å². The molecule has 80 valence electrons. The molecule has 1 N–H and O–H groups in total. The van der Waals surface area contributed by atoms with Crippen LogP contribution in [-0.4, -0.2) is 34.2 Å².